The van der Waals surface area contributed by atoms with E-state index in [1.54, 1.807) is 0 Å². The van der Waals surface area contributed by atoms with Crippen LogP contribution < -0.4 is 0 Å². The number of para-hydroxylation sites is 1. The van der Waals surface area contributed by atoms with Gasteiger partial charge in [-0.15, -0.1) is 0 Å². The predicted molar refractivity (Wildman–Crippen MR) is 237 cm³/mol. The summed E-state index contributed by atoms with van der Waals surface area (Å²) >= 11 is 0. The van der Waals surface area contributed by atoms with E-state index in [1.807, 2.05) is 60.7 Å². The highest BCUT2D eigenvalue weighted by molar-refractivity contribution is 6.16. The molecular formula is C53H31N3O2. The number of furan rings is 2. The van der Waals surface area contributed by atoms with Crippen LogP contribution in [0.5, 0.6) is 0 Å². The van der Waals surface area contributed by atoms with Gasteiger partial charge >= 0.3 is 0 Å². The van der Waals surface area contributed by atoms with Crippen LogP contribution in [-0.4, -0.2) is 15.0 Å². The molecule has 0 saturated heterocycles. The lowest BCUT2D eigenvalue weighted by Gasteiger charge is -2.10. The Morgan fingerprint density at radius 3 is 1.59 bits per heavy atom. The second-order valence-corrected chi connectivity index (χ2v) is 14.7. The van der Waals surface area contributed by atoms with E-state index in [2.05, 4.69) is 127 Å². The van der Waals surface area contributed by atoms with Crippen LogP contribution in [0.1, 0.15) is 0 Å². The molecule has 0 spiro atoms. The van der Waals surface area contributed by atoms with E-state index < -0.39 is 0 Å². The van der Waals surface area contributed by atoms with Gasteiger partial charge in [-0.3, -0.25) is 0 Å². The van der Waals surface area contributed by atoms with Crippen molar-refractivity contribution in [2.45, 2.75) is 0 Å². The lowest BCUT2D eigenvalue weighted by atomic mass is 9.96. The molecule has 12 rings (SSSR count). The van der Waals surface area contributed by atoms with Gasteiger partial charge in [0.2, 0.25) is 0 Å². The minimum absolute atomic E-state index is 0.580. The van der Waals surface area contributed by atoms with Crippen LogP contribution in [0.2, 0.25) is 0 Å². The van der Waals surface area contributed by atoms with Gasteiger partial charge in [0.05, 0.1) is 0 Å². The maximum atomic E-state index is 6.49. The summed E-state index contributed by atoms with van der Waals surface area (Å²) in [5, 5.41) is 9.10. The summed E-state index contributed by atoms with van der Waals surface area (Å²) in [6, 6.07) is 65.2. The number of benzene rings is 9. The molecular weight excluding hydrogens is 711 g/mol. The Kier molecular flexibility index (Phi) is 7.16. The Bertz CT molecular complexity index is 3570. The SMILES string of the molecule is c1ccc(-c2nc(-c3ccc(-c4ccc5ccc6ccccc6c5c4)cc3)nc(-c3cccc4oc5ccc(-c6cccc7oc8ccccc8c67)cc5c34)n2)cc1. The fraction of sp³-hybridized carbons (Fsp3) is 0. The summed E-state index contributed by atoms with van der Waals surface area (Å²) in [5.74, 6) is 1.79. The molecule has 0 amide bonds. The van der Waals surface area contributed by atoms with Gasteiger partial charge in [0.1, 0.15) is 22.3 Å². The van der Waals surface area contributed by atoms with Crippen molar-refractivity contribution >= 4 is 65.4 Å². The third-order valence-electron chi connectivity index (χ3n) is 11.3. The molecule has 12 aromatic rings. The van der Waals surface area contributed by atoms with Gasteiger partial charge < -0.3 is 8.83 Å². The van der Waals surface area contributed by atoms with Gasteiger partial charge in [0.25, 0.3) is 0 Å². The van der Waals surface area contributed by atoms with E-state index in [4.69, 9.17) is 23.8 Å². The first-order valence-corrected chi connectivity index (χ1v) is 19.4. The monoisotopic (exact) mass is 741 g/mol. The first kappa shape index (κ1) is 32.4. The van der Waals surface area contributed by atoms with Crippen LogP contribution in [0.25, 0.3) is 122 Å². The lowest BCUT2D eigenvalue weighted by Crippen LogP contribution is -2.00. The minimum atomic E-state index is 0.580. The molecule has 0 atom stereocenters. The van der Waals surface area contributed by atoms with Crippen molar-refractivity contribution in [1.82, 2.24) is 15.0 Å². The molecule has 0 N–H and O–H groups in total. The van der Waals surface area contributed by atoms with Crippen LogP contribution in [0.15, 0.2) is 197 Å². The maximum absolute atomic E-state index is 6.49. The summed E-state index contributed by atoms with van der Waals surface area (Å²) in [6.07, 6.45) is 0. The fourth-order valence-corrected chi connectivity index (χ4v) is 8.53. The van der Waals surface area contributed by atoms with Crippen LogP contribution in [0.3, 0.4) is 0 Å². The number of fused-ring (bicyclic) bond motifs is 9. The minimum Gasteiger partial charge on any atom is -0.456 e. The number of aromatic nitrogens is 3. The van der Waals surface area contributed by atoms with Crippen molar-refractivity contribution < 1.29 is 8.83 Å². The highest BCUT2D eigenvalue weighted by atomic mass is 16.3. The molecule has 5 heteroatoms. The van der Waals surface area contributed by atoms with E-state index in [-0.39, 0.29) is 0 Å². The van der Waals surface area contributed by atoms with E-state index >= 15 is 0 Å². The van der Waals surface area contributed by atoms with E-state index in [0.29, 0.717) is 17.5 Å². The van der Waals surface area contributed by atoms with Crippen molar-refractivity contribution in [3.05, 3.63) is 188 Å². The van der Waals surface area contributed by atoms with Crippen molar-refractivity contribution in [2.75, 3.05) is 0 Å². The fourth-order valence-electron chi connectivity index (χ4n) is 8.53. The standard InChI is InChI=1S/C53H31N3O2/c1-2-11-35(12-3-1)51-54-52(36-25-20-32(21-26-36)37-27-24-34-23-22-33-10-4-5-13-39(33)43(34)30-37)56-53(55-51)42-16-9-19-48-50(42)44-31-38(28-29-46(44)58-48)40-15-8-18-47-49(40)41-14-6-7-17-45(41)57-47/h1-31H. The van der Waals surface area contributed by atoms with Crippen molar-refractivity contribution in [3.63, 3.8) is 0 Å². The predicted octanol–water partition coefficient (Wildman–Crippen LogP) is 14.3. The summed E-state index contributed by atoms with van der Waals surface area (Å²) in [5.41, 5.74) is 10.5. The smallest absolute Gasteiger partial charge is 0.164 e. The van der Waals surface area contributed by atoms with Gasteiger partial charge in [-0.2, -0.15) is 0 Å². The zero-order valence-corrected chi connectivity index (χ0v) is 31.1. The number of hydrogen-bond acceptors (Lipinski definition) is 5. The van der Waals surface area contributed by atoms with Crippen molar-refractivity contribution in [1.29, 1.82) is 0 Å². The Labute approximate surface area is 332 Å². The van der Waals surface area contributed by atoms with E-state index in [1.165, 1.54) is 21.5 Å². The summed E-state index contributed by atoms with van der Waals surface area (Å²) in [6.45, 7) is 0. The van der Waals surface area contributed by atoms with Crippen molar-refractivity contribution in [3.8, 4) is 56.4 Å². The molecule has 3 aromatic heterocycles. The molecule has 5 nitrogen and oxygen atoms in total. The third-order valence-corrected chi connectivity index (χ3v) is 11.3. The highest BCUT2D eigenvalue weighted by Crippen LogP contribution is 2.41. The Morgan fingerprint density at radius 2 is 0.793 bits per heavy atom. The van der Waals surface area contributed by atoms with Gasteiger partial charge in [0.15, 0.2) is 17.5 Å². The Balaban J connectivity index is 1.00. The third kappa shape index (κ3) is 5.21. The molecule has 270 valence electrons. The van der Waals surface area contributed by atoms with Gasteiger partial charge in [-0.05, 0) is 80.2 Å². The molecule has 3 heterocycles. The average molecular weight is 742 g/mol. The van der Waals surface area contributed by atoms with Gasteiger partial charge in [0, 0.05) is 38.2 Å². The molecule has 0 aliphatic carbocycles. The zero-order chi connectivity index (χ0) is 38.2. The number of nitrogens with zero attached hydrogens (tertiary/aromatic N) is 3. The van der Waals surface area contributed by atoms with Crippen molar-refractivity contribution in [2.24, 2.45) is 0 Å². The van der Waals surface area contributed by atoms with E-state index in [0.717, 1.165) is 82.8 Å². The summed E-state index contributed by atoms with van der Waals surface area (Å²) in [7, 11) is 0. The molecule has 0 aliphatic rings. The second-order valence-electron chi connectivity index (χ2n) is 14.7. The Hall–Kier alpha value is -7.89. The maximum Gasteiger partial charge on any atom is 0.164 e. The lowest BCUT2D eigenvalue weighted by molar-refractivity contribution is 0.669. The van der Waals surface area contributed by atoms with Gasteiger partial charge in [-0.1, -0.05) is 152 Å². The highest BCUT2D eigenvalue weighted by Gasteiger charge is 2.20. The summed E-state index contributed by atoms with van der Waals surface area (Å²) < 4.78 is 12.7. The molecule has 0 fully saturated rings. The van der Waals surface area contributed by atoms with Crippen LogP contribution in [0.4, 0.5) is 0 Å². The van der Waals surface area contributed by atoms with Gasteiger partial charge in [-0.25, -0.2) is 15.0 Å². The molecule has 0 saturated carbocycles. The van der Waals surface area contributed by atoms with Crippen LogP contribution >= 0.6 is 0 Å². The second kappa shape index (κ2) is 12.8. The quantitative estimate of drug-likeness (QED) is 0.164. The van der Waals surface area contributed by atoms with E-state index in [9.17, 15) is 0 Å². The molecule has 0 radical (unpaired) electrons. The van der Waals surface area contributed by atoms with Crippen LogP contribution in [-0.2, 0) is 0 Å². The topological polar surface area (TPSA) is 65.0 Å². The first-order chi connectivity index (χ1) is 28.7. The molecule has 58 heavy (non-hydrogen) atoms. The molecule has 0 bridgehead atoms. The largest absolute Gasteiger partial charge is 0.456 e. The Morgan fingerprint density at radius 1 is 0.276 bits per heavy atom. The van der Waals surface area contributed by atoms with Crippen LogP contribution in [0, 0.1) is 0 Å². The molecule has 0 unspecified atom stereocenters. The molecule has 9 aromatic carbocycles. The zero-order valence-electron chi connectivity index (χ0n) is 31.1. The number of rotatable bonds is 5. The summed E-state index contributed by atoms with van der Waals surface area (Å²) in [4.78, 5) is 15.4. The first-order valence-electron chi connectivity index (χ1n) is 19.4. The average Bonchev–Trinajstić information content (AvgIpc) is 3.87. The normalized spacial score (nSPS) is 11.8. The molecule has 0 aliphatic heterocycles. The number of hydrogen-bond donors (Lipinski definition) is 0.